The summed E-state index contributed by atoms with van der Waals surface area (Å²) in [7, 11) is 0. The van der Waals surface area contributed by atoms with Gasteiger partial charge in [-0.3, -0.25) is 9.69 Å². The number of hydrogen-bond donors (Lipinski definition) is 1. The number of benzene rings is 1. The summed E-state index contributed by atoms with van der Waals surface area (Å²) in [6.07, 6.45) is -3.50. The average molecular weight is 426 g/mol. The molecule has 6 nitrogen and oxygen atoms in total. The lowest BCUT2D eigenvalue weighted by atomic mass is 10.1. The van der Waals surface area contributed by atoms with E-state index in [1.165, 1.54) is 0 Å². The Balaban J connectivity index is 1.51. The second kappa shape index (κ2) is 10.0. The molecule has 1 aliphatic rings. The van der Waals surface area contributed by atoms with Crippen molar-refractivity contribution >= 4 is 17.7 Å². The van der Waals surface area contributed by atoms with Gasteiger partial charge in [-0.05, 0) is 17.2 Å². The van der Waals surface area contributed by atoms with E-state index in [-0.39, 0.29) is 16.8 Å². The van der Waals surface area contributed by atoms with Gasteiger partial charge in [-0.2, -0.15) is 13.2 Å². The molecule has 2 heterocycles. The molecule has 1 fully saturated rings. The normalized spacial score (nSPS) is 15.3. The molecule has 29 heavy (non-hydrogen) atoms. The van der Waals surface area contributed by atoms with Crippen molar-refractivity contribution in [2.75, 3.05) is 32.1 Å². The zero-order valence-electron chi connectivity index (χ0n) is 15.6. The Morgan fingerprint density at radius 3 is 2.62 bits per heavy atom. The van der Waals surface area contributed by atoms with E-state index in [1.54, 1.807) is 0 Å². The van der Waals surface area contributed by atoms with Crippen molar-refractivity contribution in [3.05, 3.63) is 53.3 Å². The smallest absolute Gasteiger partial charge is 0.379 e. The Morgan fingerprint density at radius 1 is 1.17 bits per heavy atom. The predicted molar refractivity (Wildman–Crippen MR) is 102 cm³/mol. The molecule has 0 bridgehead atoms. The highest BCUT2D eigenvalue weighted by molar-refractivity contribution is 7.99. The van der Waals surface area contributed by atoms with E-state index in [1.807, 2.05) is 24.3 Å². The minimum absolute atomic E-state index is 0.0626. The standard InChI is InChI=1S/C19H21F3N4O2S/c20-19(21,22)16-5-6-23-18(25-16)29-13-17(27)24-11-14-3-1-2-4-15(14)12-26-7-9-28-10-8-26/h1-6H,7-13H2,(H,24,27). The van der Waals surface area contributed by atoms with Gasteiger partial charge in [0.25, 0.3) is 0 Å². The minimum Gasteiger partial charge on any atom is -0.379 e. The summed E-state index contributed by atoms with van der Waals surface area (Å²) in [4.78, 5) is 21.7. The Kier molecular flexibility index (Phi) is 7.45. The van der Waals surface area contributed by atoms with Crippen molar-refractivity contribution in [3.63, 3.8) is 0 Å². The number of morpholine rings is 1. The third-order valence-electron chi connectivity index (χ3n) is 4.35. The van der Waals surface area contributed by atoms with Gasteiger partial charge in [-0.15, -0.1) is 0 Å². The molecular formula is C19H21F3N4O2S. The summed E-state index contributed by atoms with van der Waals surface area (Å²) in [6.45, 7) is 4.30. The second-order valence-electron chi connectivity index (χ2n) is 6.44. The van der Waals surface area contributed by atoms with E-state index in [4.69, 9.17) is 4.74 Å². The number of aromatic nitrogens is 2. The number of alkyl halides is 3. The van der Waals surface area contributed by atoms with Crippen molar-refractivity contribution in [2.45, 2.75) is 24.4 Å². The highest BCUT2D eigenvalue weighted by Crippen LogP contribution is 2.28. The number of amides is 1. The van der Waals surface area contributed by atoms with Crippen LogP contribution in [0, 0.1) is 0 Å². The first-order valence-corrected chi connectivity index (χ1v) is 10.1. The van der Waals surface area contributed by atoms with Gasteiger partial charge in [0.2, 0.25) is 5.91 Å². The van der Waals surface area contributed by atoms with Gasteiger partial charge in [-0.25, -0.2) is 9.97 Å². The van der Waals surface area contributed by atoms with Crippen molar-refractivity contribution in [1.82, 2.24) is 20.2 Å². The third kappa shape index (κ3) is 6.69. The maximum Gasteiger partial charge on any atom is 0.433 e. The Labute approximate surface area is 170 Å². The van der Waals surface area contributed by atoms with Crippen LogP contribution >= 0.6 is 11.8 Å². The maximum absolute atomic E-state index is 12.7. The molecule has 0 atom stereocenters. The molecule has 1 aromatic heterocycles. The van der Waals surface area contributed by atoms with Gasteiger partial charge >= 0.3 is 6.18 Å². The number of rotatable bonds is 7. The largest absolute Gasteiger partial charge is 0.433 e. The molecule has 1 aromatic carbocycles. The van der Waals surface area contributed by atoms with E-state index in [2.05, 4.69) is 20.2 Å². The fourth-order valence-electron chi connectivity index (χ4n) is 2.83. The minimum atomic E-state index is -4.54. The second-order valence-corrected chi connectivity index (χ2v) is 7.39. The quantitative estimate of drug-likeness (QED) is 0.543. The number of hydrogen-bond acceptors (Lipinski definition) is 6. The molecule has 156 valence electrons. The number of carbonyl (C=O) groups is 1. The number of nitrogens with one attached hydrogen (secondary N) is 1. The molecule has 1 amide bonds. The lowest BCUT2D eigenvalue weighted by molar-refractivity contribution is -0.141. The van der Waals surface area contributed by atoms with Gasteiger partial charge in [0.1, 0.15) is 5.69 Å². The van der Waals surface area contributed by atoms with E-state index in [9.17, 15) is 18.0 Å². The molecule has 1 saturated heterocycles. The molecule has 0 aliphatic carbocycles. The average Bonchev–Trinajstić information content (AvgIpc) is 2.72. The number of halogens is 3. The first-order chi connectivity index (χ1) is 13.9. The Hall–Kier alpha value is -2.17. The van der Waals surface area contributed by atoms with Crippen LogP contribution in [0.1, 0.15) is 16.8 Å². The van der Waals surface area contributed by atoms with Crippen LogP contribution in [0.3, 0.4) is 0 Å². The predicted octanol–water partition coefficient (Wildman–Crippen LogP) is 2.74. The summed E-state index contributed by atoms with van der Waals surface area (Å²) >= 11 is 0.870. The third-order valence-corrected chi connectivity index (χ3v) is 5.21. The van der Waals surface area contributed by atoms with E-state index >= 15 is 0 Å². The van der Waals surface area contributed by atoms with Crippen LogP contribution < -0.4 is 5.32 Å². The molecule has 0 spiro atoms. The highest BCUT2D eigenvalue weighted by atomic mass is 32.2. The van der Waals surface area contributed by atoms with Gasteiger partial charge in [0.15, 0.2) is 5.16 Å². The number of ether oxygens (including phenoxy) is 1. The molecule has 0 saturated carbocycles. The van der Waals surface area contributed by atoms with E-state index in [0.29, 0.717) is 19.8 Å². The number of thioether (sulfide) groups is 1. The molecule has 0 radical (unpaired) electrons. The summed E-state index contributed by atoms with van der Waals surface area (Å²) in [5.41, 5.74) is 1.11. The van der Waals surface area contributed by atoms with Crippen LogP contribution in [0.4, 0.5) is 13.2 Å². The van der Waals surface area contributed by atoms with Crippen molar-refractivity contribution in [1.29, 1.82) is 0 Å². The highest BCUT2D eigenvalue weighted by Gasteiger charge is 2.32. The summed E-state index contributed by atoms with van der Waals surface area (Å²) in [6, 6.07) is 8.66. The topological polar surface area (TPSA) is 67.4 Å². The van der Waals surface area contributed by atoms with Crippen LogP contribution in [0.25, 0.3) is 0 Å². The Morgan fingerprint density at radius 2 is 1.90 bits per heavy atom. The molecule has 1 N–H and O–H groups in total. The van der Waals surface area contributed by atoms with Gasteiger partial charge in [-0.1, -0.05) is 36.0 Å². The summed E-state index contributed by atoms with van der Waals surface area (Å²) in [5, 5.41) is 2.73. The van der Waals surface area contributed by atoms with E-state index in [0.717, 1.165) is 54.8 Å². The first-order valence-electron chi connectivity index (χ1n) is 9.08. The van der Waals surface area contributed by atoms with Crippen molar-refractivity contribution in [2.24, 2.45) is 0 Å². The molecule has 2 aromatic rings. The molecule has 0 unspecified atom stereocenters. The van der Waals surface area contributed by atoms with Gasteiger partial charge < -0.3 is 10.1 Å². The Bertz CT molecular complexity index is 829. The van der Waals surface area contributed by atoms with Crippen molar-refractivity contribution in [3.8, 4) is 0 Å². The number of carbonyl (C=O) groups excluding carboxylic acids is 1. The van der Waals surface area contributed by atoms with Crippen LogP contribution in [-0.2, 0) is 28.8 Å². The van der Waals surface area contributed by atoms with Gasteiger partial charge in [0, 0.05) is 32.4 Å². The fourth-order valence-corrected chi connectivity index (χ4v) is 3.49. The SMILES string of the molecule is O=C(CSc1nccc(C(F)(F)F)n1)NCc1ccccc1CN1CCOCC1. The lowest BCUT2D eigenvalue weighted by Crippen LogP contribution is -2.36. The van der Waals surface area contributed by atoms with Crippen LogP contribution in [0.2, 0.25) is 0 Å². The summed E-state index contributed by atoms with van der Waals surface area (Å²) in [5.74, 6) is -0.357. The van der Waals surface area contributed by atoms with Crippen molar-refractivity contribution < 1.29 is 22.7 Å². The molecule has 3 rings (SSSR count). The zero-order chi connectivity index (χ0) is 20.7. The van der Waals surface area contributed by atoms with Crippen LogP contribution in [-0.4, -0.2) is 52.8 Å². The lowest BCUT2D eigenvalue weighted by Gasteiger charge is -2.27. The molecule has 1 aliphatic heterocycles. The summed E-state index contributed by atoms with van der Waals surface area (Å²) < 4.78 is 43.4. The van der Waals surface area contributed by atoms with Gasteiger partial charge in [0.05, 0.1) is 19.0 Å². The van der Waals surface area contributed by atoms with Crippen LogP contribution in [0.5, 0.6) is 0 Å². The molecule has 10 heteroatoms. The monoisotopic (exact) mass is 426 g/mol. The first kappa shape index (κ1) is 21.5. The van der Waals surface area contributed by atoms with Crippen LogP contribution in [0.15, 0.2) is 41.7 Å². The van der Waals surface area contributed by atoms with E-state index < -0.39 is 11.9 Å². The fraction of sp³-hybridized carbons (Fsp3) is 0.421. The zero-order valence-corrected chi connectivity index (χ0v) is 16.4. The maximum atomic E-state index is 12.7. The molecular weight excluding hydrogens is 405 g/mol. The number of nitrogens with zero attached hydrogens (tertiary/aromatic N) is 3.